The molecular weight excluding hydrogens is 456 g/mol. The zero-order valence-electron chi connectivity index (χ0n) is 20.1. The van der Waals surface area contributed by atoms with E-state index in [0.29, 0.717) is 17.2 Å². The van der Waals surface area contributed by atoms with Crippen molar-refractivity contribution in [3.05, 3.63) is 53.1 Å². The number of rotatable bonds is 9. The second kappa shape index (κ2) is 10.3. The quantitative estimate of drug-likeness (QED) is 0.452. The van der Waals surface area contributed by atoms with Crippen LogP contribution < -0.4 is 4.90 Å². The second-order valence-electron chi connectivity index (χ2n) is 8.22. The highest BCUT2D eigenvalue weighted by atomic mass is 32.2. The lowest BCUT2D eigenvalue weighted by Crippen LogP contribution is -2.38. The van der Waals surface area contributed by atoms with Crippen LogP contribution in [-0.2, 0) is 10.0 Å². The van der Waals surface area contributed by atoms with Crippen molar-refractivity contribution in [3.8, 4) is 0 Å². The Hall–Kier alpha value is -2.33. The van der Waals surface area contributed by atoms with Crippen LogP contribution in [0.1, 0.15) is 35.3 Å². The number of amides is 1. The molecule has 0 unspecified atom stereocenters. The highest BCUT2D eigenvalue weighted by Crippen LogP contribution is 2.33. The van der Waals surface area contributed by atoms with Crippen LogP contribution in [-0.4, -0.2) is 68.8 Å². The molecule has 1 aromatic heterocycles. The van der Waals surface area contributed by atoms with E-state index in [1.165, 1.54) is 37.6 Å². The van der Waals surface area contributed by atoms with Crippen molar-refractivity contribution < 1.29 is 13.2 Å². The van der Waals surface area contributed by atoms with Crippen LogP contribution in [0.4, 0.5) is 5.13 Å². The lowest BCUT2D eigenvalue weighted by molar-refractivity contribution is 0.0983. The Kier molecular flexibility index (Phi) is 7.89. The van der Waals surface area contributed by atoms with Crippen molar-refractivity contribution in [3.63, 3.8) is 0 Å². The van der Waals surface area contributed by atoms with Crippen molar-refractivity contribution in [1.29, 1.82) is 0 Å². The molecule has 178 valence electrons. The standard InChI is InChI=1S/C24H32N4O3S2/c1-7-27(8-2)13-14-28(24-25-21-16-17(3)15-18(4)22(21)32-24)23(29)19-9-11-20(12-10-19)33(30,31)26(5)6/h9-12,15-16H,7-8,13-14H2,1-6H3. The summed E-state index contributed by atoms with van der Waals surface area (Å²) >= 11 is 1.51. The van der Waals surface area contributed by atoms with Gasteiger partial charge in [0.1, 0.15) is 0 Å². The number of benzene rings is 2. The fourth-order valence-electron chi connectivity index (χ4n) is 3.68. The molecule has 0 radical (unpaired) electrons. The van der Waals surface area contributed by atoms with Gasteiger partial charge in [0.15, 0.2) is 5.13 Å². The monoisotopic (exact) mass is 488 g/mol. The first kappa shape index (κ1) is 25.3. The Labute approximate surface area is 200 Å². The molecule has 2 aromatic carbocycles. The second-order valence-corrected chi connectivity index (χ2v) is 11.4. The number of hydrogen-bond acceptors (Lipinski definition) is 6. The van der Waals surface area contributed by atoms with Gasteiger partial charge >= 0.3 is 0 Å². The van der Waals surface area contributed by atoms with Crippen LogP contribution in [0.3, 0.4) is 0 Å². The normalized spacial score (nSPS) is 12.1. The summed E-state index contributed by atoms with van der Waals surface area (Å²) in [7, 11) is -0.582. The number of hydrogen-bond donors (Lipinski definition) is 0. The number of aromatic nitrogens is 1. The van der Waals surface area contributed by atoms with E-state index in [1.807, 2.05) is 13.0 Å². The fraction of sp³-hybridized carbons (Fsp3) is 0.417. The summed E-state index contributed by atoms with van der Waals surface area (Å²) in [6.45, 7) is 11.3. The zero-order chi connectivity index (χ0) is 24.3. The first-order valence-electron chi connectivity index (χ1n) is 11.0. The van der Waals surface area contributed by atoms with Crippen LogP contribution in [0.15, 0.2) is 41.3 Å². The molecule has 1 heterocycles. The van der Waals surface area contributed by atoms with E-state index in [2.05, 4.69) is 31.7 Å². The smallest absolute Gasteiger partial charge is 0.260 e. The minimum Gasteiger partial charge on any atom is -0.302 e. The lowest BCUT2D eigenvalue weighted by atomic mass is 10.1. The molecule has 0 saturated heterocycles. The number of thiazole rings is 1. The number of fused-ring (bicyclic) bond motifs is 1. The number of carbonyl (C=O) groups excluding carboxylic acids is 1. The molecule has 0 aliphatic carbocycles. The molecule has 0 bridgehead atoms. The summed E-state index contributed by atoms with van der Waals surface area (Å²) in [6.07, 6.45) is 0. The first-order valence-corrected chi connectivity index (χ1v) is 13.3. The van der Waals surface area contributed by atoms with E-state index in [9.17, 15) is 13.2 Å². The predicted molar refractivity (Wildman–Crippen MR) is 136 cm³/mol. The van der Waals surface area contributed by atoms with Gasteiger partial charge < -0.3 is 4.90 Å². The van der Waals surface area contributed by atoms with Gasteiger partial charge in [0, 0.05) is 32.7 Å². The minimum atomic E-state index is -3.55. The van der Waals surface area contributed by atoms with Crippen LogP contribution in [0.5, 0.6) is 0 Å². The fourth-order valence-corrected chi connectivity index (χ4v) is 5.62. The van der Waals surface area contributed by atoms with Gasteiger partial charge in [-0.05, 0) is 68.4 Å². The number of carbonyl (C=O) groups is 1. The average Bonchev–Trinajstić information content (AvgIpc) is 3.20. The van der Waals surface area contributed by atoms with Gasteiger partial charge in [-0.1, -0.05) is 31.3 Å². The third-order valence-corrected chi connectivity index (χ3v) is 8.76. The number of likely N-dealkylation sites (N-methyl/N-ethyl adjacent to an activating group) is 1. The summed E-state index contributed by atoms with van der Waals surface area (Å²) in [5.41, 5.74) is 3.60. The molecule has 33 heavy (non-hydrogen) atoms. The Bertz CT molecular complexity index is 1230. The summed E-state index contributed by atoms with van der Waals surface area (Å²) < 4.78 is 27.0. The van der Waals surface area contributed by atoms with Crippen LogP contribution >= 0.6 is 11.3 Å². The molecular formula is C24H32N4O3S2. The Morgan fingerprint density at radius 1 is 1.00 bits per heavy atom. The molecule has 0 aliphatic heterocycles. The molecule has 0 aliphatic rings. The molecule has 3 aromatic rings. The zero-order valence-corrected chi connectivity index (χ0v) is 21.8. The molecule has 7 nitrogen and oxygen atoms in total. The van der Waals surface area contributed by atoms with Crippen LogP contribution in [0.2, 0.25) is 0 Å². The largest absolute Gasteiger partial charge is 0.302 e. The minimum absolute atomic E-state index is 0.157. The van der Waals surface area contributed by atoms with Gasteiger partial charge in [-0.15, -0.1) is 0 Å². The van der Waals surface area contributed by atoms with Crippen molar-refractivity contribution in [2.45, 2.75) is 32.6 Å². The van der Waals surface area contributed by atoms with E-state index >= 15 is 0 Å². The third-order valence-electron chi connectivity index (χ3n) is 5.70. The molecule has 0 N–H and O–H groups in total. The number of sulfonamides is 1. The van der Waals surface area contributed by atoms with E-state index in [-0.39, 0.29) is 10.8 Å². The predicted octanol–water partition coefficient (Wildman–Crippen LogP) is 4.15. The Balaban J connectivity index is 1.99. The van der Waals surface area contributed by atoms with Crippen LogP contribution in [0.25, 0.3) is 10.2 Å². The maximum Gasteiger partial charge on any atom is 0.260 e. The first-order chi connectivity index (χ1) is 15.6. The molecule has 1 amide bonds. The SMILES string of the molecule is CCN(CC)CCN(C(=O)c1ccc(S(=O)(=O)N(C)C)cc1)c1nc2cc(C)cc(C)c2s1. The topological polar surface area (TPSA) is 73.8 Å². The number of aryl methyl sites for hydroxylation is 2. The van der Waals surface area contributed by atoms with E-state index in [1.54, 1.807) is 17.0 Å². The van der Waals surface area contributed by atoms with E-state index < -0.39 is 10.0 Å². The van der Waals surface area contributed by atoms with E-state index in [0.717, 1.165) is 45.3 Å². The van der Waals surface area contributed by atoms with Crippen molar-refractivity contribution in [2.75, 3.05) is 45.2 Å². The molecule has 9 heteroatoms. The molecule has 0 fully saturated rings. The van der Waals surface area contributed by atoms with Gasteiger partial charge in [0.2, 0.25) is 10.0 Å². The van der Waals surface area contributed by atoms with Gasteiger partial charge in [-0.3, -0.25) is 9.69 Å². The summed E-state index contributed by atoms with van der Waals surface area (Å²) in [4.78, 5) is 22.5. The van der Waals surface area contributed by atoms with E-state index in [4.69, 9.17) is 4.98 Å². The van der Waals surface area contributed by atoms with Gasteiger partial charge in [-0.25, -0.2) is 17.7 Å². The highest BCUT2D eigenvalue weighted by molar-refractivity contribution is 7.89. The Morgan fingerprint density at radius 3 is 2.21 bits per heavy atom. The molecule has 0 atom stereocenters. The van der Waals surface area contributed by atoms with Crippen molar-refractivity contribution in [1.82, 2.24) is 14.2 Å². The third kappa shape index (κ3) is 5.43. The Morgan fingerprint density at radius 2 is 1.64 bits per heavy atom. The summed E-state index contributed by atoms with van der Waals surface area (Å²) in [5.74, 6) is -0.190. The van der Waals surface area contributed by atoms with Gasteiger partial charge in [0.05, 0.1) is 15.1 Å². The van der Waals surface area contributed by atoms with Crippen LogP contribution in [0, 0.1) is 13.8 Å². The van der Waals surface area contributed by atoms with Crippen molar-refractivity contribution >= 4 is 42.6 Å². The average molecular weight is 489 g/mol. The summed E-state index contributed by atoms with van der Waals surface area (Å²) in [6, 6.07) is 10.3. The molecule has 0 saturated carbocycles. The molecule has 0 spiro atoms. The van der Waals surface area contributed by atoms with Gasteiger partial charge in [0.25, 0.3) is 5.91 Å². The molecule has 3 rings (SSSR count). The summed E-state index contributed by atoms with van der Waals surface area (Å²) in [5, 5.41) is 0.654. The lowest BCUT2D eigenvalue weighted by Gasteiger charge is -2.25. The highest BCUT2D eigenvalue weighted by Gasteiger charge is 2.24. The number of nitrogens with zero attached hydrogens (tertiary/aromatic N) is 4. The van der Waals surface area contributed by atoms with Crippen molar-refractivity contribution in [2.24, 2.45) is 0 Å². The van der Waals surface area contributed by atoms with Gasteiger partial charge in [-0.2, -0.15) is 0 Å². The number of anilines is 1. The maximum absolute atomic E-state index is 13.6. The maximum atomic E-state index is 13.6.